The van der Waals surface area contributed by atoms with Gasteiger partial charge in [0, 0.05) is 12.6 Å². The molecular weight excluding hydrogens is 326 g/mol. The van der Waals surface area contributed by atoms with Gasteiger partial charge in [0.1, 0.15) is 0 Å². The van der Waals surface area contributed by atoms with Crippen LogP contribution in [0.5, 0.6) is 0 Å². The van der Waals surface area contributed by atoms with Gasteiger partial charge in [0.2, 0.25) is 20.0 Å². The molecule has 0 radical (unpaired) electrons. The van der Waals surface area contributed by atoms with Crippen molar-refractivity contribution in [3.8, 4) is 0 Å². The van der Waals surface area contributed by atoms with Crippen molar-refractivity contribution >= 4 is 20.0 Å². The van der Waals surface area contributed by atoms with Crippen LogP contribution in [0.1, 0.15) is 25.7 Å². The molecular formula is C13H21N3O4S2. The Morgan fingerprint density at radius 1 is 1.05 bits per heavy atom. The van der Waals surface area contributed by atoms with E-state index in [-0.39, 0.29) is 22.4 Å². The van der Waals surface area contributed by atoms with Crippen LogP contribution in [0.25, 0.3) is 0 Å². The normalized spacial score (nSPS) is 15.9. The molecule has 0 unspecified atom stereocenters. The van der Waals surface area contributed by atoms with E-state index in [0.29, 0.717) is 13.0 Å². The minimum Gasteiger partial charge on any atom is -0.330 e. The average molecular weight is 347 g/mol. The van der Waals surface area contributed by atoms with E-state index in [2.05, 4.69) is 9.44 Å². The summed E-state index contributed by atoms with van der Waals surface area (Å²) in [6.07, 6.45) is 3.00. The van der Waals surface area contributed by atoms with Gasteiger partial charge in [0.05, 0.1) is 9.79 Å². The number of hydrogen-bond donors (Lipinski definition) is 3. The Labute approximate surface area is 131 Å². The van der Waals surface area contributed by atoms with E-state index in [1.807, 2.05) is 0 Å². The van der Waals surface area contributed by atoms with Crippen molar-refractivity contribution < 1.29 is 16.8 Å². The Morgan fingerprint density at radius 3 is 2.27 bits per heavy atom. The van der Waals surface area contributed by atoms with E-state index in [9.17, 15) is 16.8 Å². The van der Waals surface area contributed by atoms with Crippen LogP contribution in [0.3, 0.4) is 0 Å². The summed E-state index contributed by atoms with van der Waals surface area (Å²) in [5.41, 5.74) is 5.35. The van der Waals surface area contributed by atoms with Crippen LogP contribution >= 0.6 is 0 Å². The van der Waals surface area contributed by atoms with Gasteiger partial charge in [-0.05, 0) is 50.4 Å². The van der Waals surface area contributed by atoms with E-state index in [4.69, 9.17) is 5.73 Å². The van der Waals surface area contributed by atoms with Crippen molar-refractivity contribution in [1.82, 2.24) is 9.44 Å². The summed E-state index contributed by atoms with van der Waals surface area (Å²) in [5.74, 6) is 0. The average Bonchev–Trinajstić information content (AvgIpc) is 3.27. The molecule has 0 aromatic heterocycles. The lowest BCUT2D eigenvalue weighted by atomic mass is 10.3. The maximum Gasteiger partial charge on any atom is 0.240 e. The number of hydrogen-bond acceptors (Lipinski definition) is 5. The minimum atomic E-state index is -3.72. The number of unbranched alkanes of at least 4 members (excludes halogenated alkanes) is 1. The summed E-state index contributed by atoms with van der Waals surface area (Å²) >= 11 is 0. The molecule has 0 bridgehead atoms. The number of nitrogens with one attached hydrogen (secondary N) is 2. The molecule has 2 rings (SSSR count). The predicted octanol–water partition coefficient (Wildman–Crippen LogP) is 0.145. The molecule has 1 fully saturated rings. The first-order valence-corrected chi connectivity index (χ1v) is 10.1. The molecule has 1 aliphatic carbocycles. The molecule has 0 spiro atoms. The van der Waals surface area contributed by atoms with Crippen molar-refractivity contribution in [3.05, 3.63) is 24.3 Å². The van der Waals surface area contributed by atoms with E-state index in [1.54, 1.807) is 0 Å². The van der Waals surface area contributed by atoms with Gasteiger partial charge in [0.25, 0.3) is 0 Å². The van der Waals surface area contributed by atoms with Gasteiger partial charge in [-0.25, -0.2) is 26.3 Å². The molecule has 9 heteroatoms. The lowest BCUT2D eigenvalue weighted by molar-refractivity contribution is 0.576. The van der Waals surface area contributed by atoms with Crippen LogP contribution in [0.4, 0.5) is 0 Å². The molecule has 1 aromatic rings. The van der Waals surface area contributed by atoms with Gasteiger partial charge in [-0.3, -0.25) is 0 Å². The molecule has 0 saturated heterocycles. The topological polar surface area (TPSA) is 118 Å². The predicted molar refractivity (Wildman–Crippen MR) is 83.3 cm³/mol. The lowest BCUT2D eigenvalue weighted by Crippen LogP contribution is -2.27. The second-order valence-corrected chi connectivity index (χ2v) is 8.74. The minimum absolute atomic E-state index is 0.0281. The summed E-state index contributed by atoms with van der Waals surface area (Å²) < 4.78 is 53.5. The van der Waals surface area contributed by atoms with Gasteiger partial charge in [-0.15, -0.1) is 0 Å². The summed E-state index contributed by atoms with van der Waals surface area (Å²) in [6.45, 7) is 0.777. The molecule has 7 nitrogen and oxygen atoms in total. The Hall–Kier alpha value is -1.00. The highest BCUT2D eigenvalue weighted by atomic mass is 32.2. The molecule has 1 aliphatic rings. The molecule has 0 amide bonds. The first-order chi connectivity index (χ1) is 10.3. The quantitative estimate of drug-likeness (QED) is 0.549. The van der Waals surface area contributed by atoms with Crippen LogP contribution in [0.2, 0.25) is 0 Å². The fourth-order valence-corrected chi connectivity index (χ4v) is 4.40. The van der Waals surface area contributed by atoms with Gasteiger partial charge in [-0.1, -0.05) is 6.07 Å². The SMILES string of the molecule is NCCCCNS(=O)(=O)c1cccc(S(=O)(=O)NC2CC2)c1. The van der Waals surface area contributed by atoms with E-state index in [0.717, 1.165) is 19.3 Å². The Balaban J connectivity index is 2.13. The smallest absolute Gasteiger partial charge is 0.240 e. The standard InChI is InChI=1S/C13H21N3O4S2/c14-8-1-2-9-15-21(17,18)12-4-3-5-13(10-12)22(19,20)16-11-6-7-11/h3-5,10-11,15-16H,1-2,6-9,14H2. The molecule has 1 aromatic carbocycles. The second-order valence-electron chi connectivity index (χ2n) is 5.26. The van der Waals surface area contributed by atoms with Crippen molar-refractivity contribution in [1.29, 1.82) is 0 Å². The lowest BCUT2D eigenvalue weighted by Gasteiger charge is -2.09. The highest BCUT2D eigenvalue weighted by Gasteiger charge is 2.28. The highest BCUT2D eigenvalue weighted by Crippen LogP contribution is 2.23. The molecule has 22 heavy (non-hydrogen) atoms. The van der Waals surface area contributed by atoms with Crippen molar-refractivity contribution in [2.24, 2.45) is 5.73 Å². The Kier molecular flexibility index (Phi) is 5.56. The van der Waals surface area contributed by atoms with Crippen LogP contribution in [0.15, 0.2) is 34.1 Å². The van der Waals surface area contributed by atoms with Gasteiger partial charge in [0.15, 0.2) is 0 Å². The number of sulfonamides is 2. The maximum absolute atomic E-state index is 12.2. The van der Waals surface area contributed by atoms with Crippen molar-refractivity contribution in [2.45, 2.75) is 41.5 Å². The zero-order chi connectivity index (χ0) is 16.2. The van der Waals surface area contributed by atoms with Crippen LogP contribution < -0.4 is 15.2 Å². The third-order valence-electron chi connectivity index (χ3n) is 3.25. The second kappa shape index (κ2) is 7.05. The molecule has 1 saturated carbocycles. The first kappa shape index (κ1) is 17.4. The zero-order valence-corrected chi connectivity index (χ0v) is 13.8. The number of rotatable bonds is 9. The third-order valence-corrected chi connectivity index (χ3v) is 6.23. The maximum atomic E-state index is 12.2. The largest absolute Gasteiger partial charge is 0.330 e. The molecule has 0 atom stereocenters. The number of nitrogens with two attached hydrogens (primary N) is 1. The fourth-order valence-electron chi connectivity index (χ4n) is 1.86. The third kappa shape index (κ3) is 4.75. The van der Waals surface area contributed by atoms with E-state index in [1.165, 1.54) is 24.3 Å². The summed E-state index contributed by atoms with van der Waals surface area (Å²) in [5, 5.41) is 0. The van der Waals surface area contributed by atoms with Gasteiger partial charge >= 0.3 is 0 Å². The Bertz CT molecular complexity index is 713. The number of benzene rings is 1. The summed E-state index contributed by atoms with van der Waals surface area (Å²) in [7, 11) is -7.39. The first-order valence-electron chi connectivity index (χ1n) is 7.17. The summed E-state index contributed by atoms with van der Waals surface area (Å²) in [6, 6.07) is 5.34. The van der Waals surface area contributed by atoms with Crippen LogP contribution in [-0.4, -0.2) is 36.0 Å². The monoisotopic (exact) mass is 347 g/mol. The van der Waals surface area contributed by atoms with Crippen molar-refractivity contribution in [3.63, 3.8) is 0 Å². The molecule has 0 aliphatic heterocycles. The van der Waals surface area contributed by atoms with Crippen LogP contribution in [-0.2, 0) is 20.0 Å². The van der Waals surface area contributed by atoms with Crippen LogP contribution in [0, 0.1) is 0 Å². The summed E-state index contributed by atoms with van der Waals surface area (Å²) in [4.78, 5) is -0.0943. The zero-order valence-electron chi connectivity index (χ0n) is 12.2. The molecule has 124 valence electrons. The highest BCUT2D eigenvalue weighted by molar-refractivity contribution is 7.90. The fraction of sp³-hybridized carbons (Fsp3) is 0.538. The van der Waals surface area contributed by atoms with Gasteiger partial charge in [-0.2, -0.15) is 0 Å². The molecule has 4 N–H and O–H groups in total. The van der Waals surface area contributed by atoms with Crippen molar-refractivity contribution in [2.75, 3.05) is 13.1 Å². The van der Waals surface area contributed by atoms with Gasteiger partial charge < -0.3 is 5.73 Å². The Morgan fingerprint density at radius 2 is 1.68 bits per heavy atom. The molecule has 0 heterocycles. The van der Waals surface area contributed by atoms with E-state index >= 15 is 0 Å². The van der Waals surface area contributed by atoms with E-state index < -0.39 is 20.0 Å².